The van der Waals surface area contributed by atoms with E-state index in [1.54, 1.807) is 0 Å². The van der Waals surface area contributed by atoms with Crippen molar-refractivity contribution in [3.63, 3.8) is 0 Å². The number of hydrogen-bond acceptors (Lipinski definition) is 4. The van der Waals surface area contributed by atoms with Crippen molar-refractivity contribution in [1.29, 1.82) is 0 Å². The Morgan fingerprint density at radius 2 is 2.20 bits per heavy atom. The summed E-state index contributed by atoms with van der Waals surface area (Å²) in [7, 11) is 1.35. The Morgan fingerprint density at radius 3 is 2.60 bits per heavy atom. The maximum atomic E-state index is 11.0. The lowest BCUT2D eigenvalue weighted by atomic mass is 10.0. The van der Waals surface area contributed by atoms with Crippen LogP contribution in [-0.4, -0.2) is 23.0 Å². The highest BCUT2D eigenvalue weighted by molar-refractivity contribution is 5.71. The van der Waals surface area contributed by atoms with Crippen molar-refractivity contribution < 1.29 is 9.53 Å². The van der Waals surface area contributed by atoms with Crippen molar-refractivity contribution in [2.75, 3.05) is 7.11 Å². The van der Waals surface area contributed by atoms with Crippen LogP contribution in [0.15, 0.2) is 0 Å². The number of aryl methyl sites for hydroxylation is 1. The first-order valence-electron chi connectivity index (χ1n) is 4.76. The summed E-state index contributed by atoms with van der Waals surface area (Å²) in [4.78, 5) is 18.4. The number of methoxy groups -OCH3 is 1. The Kier molecular flexibility index (Phi) is 3.14. The second-order valence-corrected chi connectivity index (χ2v) is 4.13. The number of rotatable bonds is 3. The number of aromatic nitrogens is 2. The SMILES string of the molecule is COC(=O)Cc1nc(C(C)(C)N)c(C)[nH]1. The molecular weight excluding hydrogens is 194 g/mol. The fourth-order valence-corrected chi connectivity index (χ4v) is 1.44. The molecule has 1 rings (SSSR count). The van der Waals surface area contributed by atoms with Gasteiger partial charge >= 0.3 is 5.97 Å². The van der Waals surface area contributed by atoms with E-state index in [1.807, 2.05) is 20.8 Å². The number of aromatic amines is 1. The summed E-state index contributed by atoms with van der Waals surface area (Å²) in [5.41, 5.74) is 7.10. The number of H-pyrrole nitrogens is 1. The van der Waals surface area contributed by atoms with Crippen LogP contribution >= 0.6 is 0 Å². The minimum atomic E-state index is -0.505. The van der Waals surface area contributed by atoms with E-state index in [9.17, 15) is 4.79 Å². The molecule has 0 aliphatic rings. The van der Waals surface area contributed by atoms with Gasteiger partial charge in [-0.05, 0) is 20.8 Å². The third-order valence-electron chi connectivity index (χ3n) is 2.08. The second-order valence-electron chi connectivity index (χ2n) is 4.13. The quantitative estimate of drug-likeness (QED) is 0.718. The first-order valence-corrected chi connectivity index (χ1v) is 4.76. The van der Waals surface area contributed by atoms with Crippen LogP contribution in [0.1, 0.15) is 31.1 Å². The van der Waals surface area contributed by atoms with E-state index in [-0.39, 0.29) is 12.4 Å². The van der Waals surface area contributed by atoms with Gasteiger partial charge in [0, 0.05) is 5.69 Å². The number of imidazole rings is 1. The monoisotopic (exact) mass is 211 g/mol. The van der Waals surface area contributed by atoms with Gasteiger partial charge in [-0.1, -0.05) is 0 Å². The van der Waals surface area contributed by atoms with E-state index in [0.29, 0.717) is 5.82 Å². The summed E-state index contributed by atoms with van der Waals surface area (Å²) in [6, 6.07) is 0. The van der Waals surface area contributed by atoms with Crippen LogP contribution in [0.3, 0.4) is 0 Å². The standard InChI is InChI=1S/C10H17N3O2/c1-6-9(10(2,3)11)13-7(12-6)5-8(14)15-4/h5,11H2,1-4H3,(H,12,13). The Labute approximate surface area is 89.0 Å². The Morgan fingerprint density at radius 1 is 1.60 bits per heavy atom. The fourth-order valence-electron chi connectivity index (χ4n) is 1.44. The van der Waals surface area contributed by atoms with Gasteiger partial charge in [-0.25, -0.2) is 4.98 Å². The second kappa shape index (κ2) is 4.02. The van der Waals surface area contributed by atoms with Crippen LogP contribution in [-0.2, 0) is 21.5 Å². The summed E-state index contributed by atoms with van der Waals surface area (Å²) in [6.45, 7) is 5.63. The molecule has 5 nitrogen and oxygen atoms in total. The molecule has 0 saturated heterocycles. The molecule has 0 aliphatic carbocycles. The van der Waals surface area contributed by atoms with Gasteiger partial charge in [-0.3, -0.25) is 4.79 Å². The Bertz CT molecular complexity index is 363. The number of nitrogens with one attached hydrogen (secondary N) is 1. The topological polar surface area (TPSA) is 81.0 Å². The van der Waals surface area contributed by atoms with Crippen LogP contribution in [0.5, 0.6) is 0 Å². The molecule has 1 aromatic rings. The molecule has 0 aromatic carbocycles. The molecule has 0 radical (unpaired) electrons. The summed E-state index contributed by atoms with van der Waals surface area (Å²) in [5.74, 6) is 0.276. The Hall–Kier alpha value is -1.36. The number of hydrogen-bond donors (Lipinski definition) is 2. The molecule has 5 heteroatoms. The van der Waals surface area contributed by atoms with E-state index in [1.165, 1.54) is 7.11 Å². The minimum absolute atomic E-state index is 0.146. The first kappa shape index (κ1) is 11.7. The zero-order valence-electron chi connectivity index (χ0n) is 9.55. The van der Waals surface area contributed by atoms with Gasteiger partial charge in [-0.15, -0.1) is 0 Å². The molecule has 0 amide bonds. The summed E-state index contributed by atoms with van der Waals surface area (Å²) >= 11 is 0. The highest BCUT2D eigenvalue weighted by Gasteiger charge is 2.21. The van der Waals surface area contributed by atoms with Crippen molar-refractivity contribution in [1.82, 2.24) is 9.97 Å². The molecule has 0 aliphatic heterocycles. The van der Waals surface area contributed by atoms with Crippen LogP contribution in [0.25, 0.3) is 0 Å². The molecule has 0 atom stereocenters. The van der Waals surface area contributed by atoms with Crippen molar-refractivity contribution in [2.24, 2.45) is 5.73 Å². The third-order valence-corrected chi connectivity index (χ3v) is 2.08. The molecule has 3 N–H and O–H groups in total. The van der Waals surface area contributed by atoms with Crippen molar-refractivity contribution >= 4 is 5.97 Å². The molecule has 1 heterocycles. The lowest BCUT2D eigenvalue weighted by Crippen LogP contribution is -2.30. The van der Waals surface area contributed by atoms with Gasteiger partial charge < -0.3 is 15.5 Å². The molecule has 1 aromatic heterocycles. The van der Waals surface area contributed by atoms with E-state index in [0.717, 1.165) is 11.4 Å². The average molecular weight is 211 g/mol. The summed E-state index contributed by atoms with van der Waals surface area (Å²) < 4.78 is 4.56. The lowest BCUT2D eigenvalue weighted by Gasteiger charge is -2.16. The summed E-state index contributed by atoms with van der Waals surface area (Å²) in [5, 5.41) is 0. The van der Waals surface area contributed by atoms with Crippen molar-refractivity contribution in [3.05, 3.63) is 17.2 Å². The van der Waals surface area contributed by atoms with E-state index in [2.05, 4.69) is 14.7 Å². The minimum Gasteiger partial charge on any atom is -0.469 e. The highest BCUT2D eigenvalue weighted by Crippen LogP contribution is 2.18. The number of carbonyl (C=O) groups excluding carboxylic acids is 1. The molecule has 0 spiro atoms. The van der Waals surface area contributed by atoms with Gasteiger partial charge in [0.05, 0.1) is 18.3 Å². The van der Waals surface area contributed by atoms with Crippen LogP contribution in [0.4, 0.5) is 0 Å². The van der Waals surface area contributed by atoms with Gasteiger partial charge in [-0.2, -0.15) is 0 Å². The van der Waals surface area contributed by atoms with E-state index >= 15 is 0 Å². The fraction of sp³-hybridized carbons (Fsp3) is 0.600. The molecule has 0 saturated carbocycles. The molecule has 84 valence electrons. The van der Waals surface area contributed by atoms with E-state index in [4.69, 9.17) is 5.73 Å². The molecule has 0 unspecified atom stereocenters. The number of carbonyl (C=O) groups is 1. The third kappa shape index (κ3) is 2.79. The average Bonchev–Trinajstić information content (AvgIpc) is 2.45. The number of ether oxygens (including phenoxy) is 1. The summed E-state index contributed by atoms with van der Waals surface area (Å²) in [6.07, 6.45) is 0.146. The van der Waals surface area contributed by atoms with Crippen LogP contribution < -0.4 is 5.73 Å². The van der Waals surface area contributed by atoms with Gasteiger partial charge in [0.15, 0.2) is 0 Å². The zero-order valence-corrected chi connectivity index (χ0v) is 9.55. The highest BCUT2D eigenvalue weighted by atomic mass is 16.5. The Balaban J connectivity index is 2.91. The van der Waals surface area contributed by atoms with E-state index < -0.39 is 5.54 Å². The van der Waals surface area contributed by atoms with Crippen molar-refractivity contribution in [2.45, 2.75) is 32.7 Å². The first-order chi connectivity index (χ1) is 6.84. The number of nitrogens with two attached hydrogens (primary N) is 1. The van der Waals surface area contributed by atoms with Gasteiger partial charge in [0.2, 0.25) is 0 Å². The van der Waals surface area contributed by atoms with Crippen molar-refractivity contribution in [3.8, 4) is 0 Å². The van der Waals surface area contributed by atoms with Gasteiger partial charge in [0.1, 0.15) is 12.2 Å². The maximum Gasteiger partial charge on any atom is 0.313 e. The molecule has 0 fully saturated rings. The normalized spacial score (nSPS) is 11.5. The molecular formula is C10H17N3O2. The smallest absolute Gasteiger partial charge is 0.313 e. The molecule has 15 heavy (non-hydrogen) atoms. The lowest BCUT2D eigenvalue weighted by molar-refractivity contribution is -0.139. The number of nitrogens with zero attached hydrogens (tertiary/aromatic N) is 1. The van der Waals surface area contributed by atoms with Gasteiger partial charge in [0.25, 0.3) is 0 Å². The number of esters is 1. The molecule has 0 bridgehead atoms. The zero-order chi connectivity index (χ0) is 11.6. The van der Waals surface area contributed by atoms with Crippen LogP contribution in [0, 0.1) is 6.92 Å². The largest absolute Gasteiger partial charge is 0.469 e. The maximum absolute atomic E-state index is 11.0. The predicted octanol–water partition coefficient (Wildman–Crippen LogP) is 0.627. The van der Waals surface area contributed by atoms with Crippen LogP contribution in [0.2, 0.25) is 0 Å². The predicted molar refractivity (Wildman–Crippen MR) is 56.3 cm³/mol.